The quantitative estimate of drug-likeness (QED) is 0.784. The summed E-state index contributed by atoms with van der Waals surface area (Å²) in [6, 6.07) is 11.4. The van der Waals surface area contributed by atoms with E-state index in [2.05, 4.69) is 29.6 Å². The number of β-amino-alcohol motifs (C(OH)–C–C–N with tert-alkyl or cyclic N) is 1. The molecule has 0 amide bonds. The van der Waals surface area contributed by atoms with Crippen molar-refractivity contribution in [1.82, 2.24) is 4.90 Å². The Kier molecular flexibility index (Phi) is 6.19. The largest absolute Gasteiger partial charge is 0.488 e. The lowest BCUT2D eigenvalue weighted by atomic mass is 10.0. The van der Waals surface area contributed by atoms with E-state index in [0.29, 0.717) is 24.8 Å². The van der Waals surface area contributed by atoms with Crippen molar-refractivity contribution < 1.29 is 23.8 Å². The molecule has 1 aliphatic rings. The molecule has 1 aliphatic heterocycles. The predicted molar refractivity (Wildman–Crippen MR) is 101 cm³/mol. The fourth-order valence-electron chi connectivity index (χ4n) is 3.27. The fourth-order valence-corrected chi connectivity index (χ4v) is 3.27. The Labute approximate surface area is 159 Å². The van der Waals surface area contributed by atoms with Crippen LogP contribution in [0.25, 0.3) is 0 Å². The molecule has 1 aromatic heterocycles. The van der Waals surface area contributed by atoms with Gasteiger partial charge in [0.15, 0.2) is 0 Å². The van der Waals surface area contributed by atoms with Gasteiger partial charge in [-0.25, -0.2) is 4.79 Å². The summed E-state index contributed by atoms with van der Waals surface area (Å²) < 4.78 is 16.2. The maximum atomic E-state index is 11.5. The molecule has 0 radical (unpaired) electrons. The Bertz CT molecular complexity index is 769. The molecule has 146 valence electrons. The van der Waals surface area contributed by atoms with E-state index in [1.54, 1.807) is 12.1 Å². The lowest BCUT2D eigenvalue weighted by Crippen LogP contribution is -2.48. The number of aliphatic hydroxyl groups is 1. The second-order valence-electron chi connectivity index (χ2n) is 7.23. The van der Waals surface area contributed by atoms with Gasteiger partial charge in [-0.15, -0.1) is 0 Å². The summed E-state index contributed by atoms with van der Waals surface area (Å²) in [5, 5.41) is 10.5. The van der Waals surface area contributed by atoms with Crippen LogP contribution >= 0.6 is 0 Å². The Hall–Kier alpha value is -2.31. The van der Waals surface area contributed by atoms with E-state index in [9.17, 15) is 9.90 Å². The van der Waals surface area contributed by atoms with Crippen molar-refractivity contribution in [3.05, 3.63) is 53.5 Å². The van der Waals surface area contributed by atoms with Crippen LogP contribution in [0.1, 0.15) is 48.1 Å². The number of rotatable bonds is 6. The van der Waals surface area contributed by atoms with E-state index < -0.39 is 12.1 Å². The van der Waals surface area contributed by atoms with Gasteiger partial charge < -0.3 is 19.0 Å². The third-order valence-corrected chi connectivity index (χ3v) is 4.84. The highest BCUT2D eigenvalue weighted by Gasteiger charge is 2.30. The van der Waals surface area contributed by atoms with Gasteiger partial charge in [0.25, 0.3) is 0 Å². The molecule has 0 aliphatic carbocycles. The van der Waals surface area contributed by atoms with Crippen LogP contribution in [0, 0.1) is 0 Å². The van der Waals surface area contributed by atoms with Crippen LogP contribution in [-0.2, 0) is 11.3 Å². The number of likely N-dealkylation sites (tertiary alicyclic amines) is 1. The second kappa shape index (κ2) is 8.59. The van der Waals surface area contributed by atoms with E-state index in [-0.39, 0.29) is 11.9 Å². The van der Waals surface area contributed by atoms with Gasteiger partial charge in [0.2, 0.25) is 5.76 Å². The van der Waals surface area contributed by atoms with Gasteiger partial charge in [-0.05, 0) is 42.2 Å². The van der Waals surface area contributed by atoms with Crippen molar-refractivity contribution in [3.8, 4) is 5.75 Å². The topological polar surface area (TPSA) is 72.1 Å². The summed E-state index contributed by atoms with van der Waals surface area (Å²) in [5.41, 5.74) is 1.22. The Morgan fingerprint density at radius 1 is 1.33 bits per heavy atom. The number of carbonyl (C=O) groups excluding carboxylic acids is 1. The zero-order valence-corrected chi connectivity index (χ0v) is 16.1. The molecule has 2 aromatic rings. The molecule has 0 unspecified atom stereocenters. The fraction of sp³-hybridized carbons (Fsp3) is 0.476. The molecule has 2 heterocycles. The summed E-state index contributed by atoms with van der Waals surface area (Å²) in [4.78, 5) is 13.6. The SMILES string of the molecule is COC(=O)c1ccc(CN2CC[C@@H](Oc3cccc(C(C)C)c3)[C@H](O)C2)o1. The molecule has 2 atom stereocenters. The monoisotopic (exact) mass is 373 g/mol. The minimum Gasteiger partial charge on any atom is -0.488 e. The predicted octanol–water partition coefficient (Wildman–Crippen LogP) is 3.20. The summed E-state index contributed by atoms with van der Waals surface area (Å²) in [5.74, 6) is 1.61. The van der Waals surface area contributed by atoms with E-state index in [1.165, 1.54) is 12.7 Å². The Morgan fingerprint density at radius 3 is 2.85 bits per heavy atom. The molecule has 6 nitrogen and oxygen atoms in total. The lowest BCUT2D eigenvalue weighted by Gasteiger charge is -2.35. The van der Waals surface area contributed by atoms with Gasteiger partial charge in [0.1, 0.15) is 23.7 Å². The van der Waals surface area contributed by atoms with Crippen LogP contribution < -0.4 is 4.74 Å². The van der Waals surface area contributed by atoms with Crippen LogP contribution in [0.2, 0.25) is 0 Å². The van der Waals surface area contributed by atoms with E-state index in [4.69, 9.17) is 9.15 Å². The first-order chi connectivity index (χ1) is 13.0. The van der Waals surface area contributed by atoms with Crippen LogP contribution in [0.5, 0.6) is 5.75 Å². The number of carbonyl (C=O) groups is 1. The average Bonchev–Trinajstić information content (AvgIpc) is 3.12. The number of methoxy groups -OCH3 is 1. The minimum absolute atomic E-state index is 0.191. The molecule has 6 heteroatoms. The van der Waals surface area contributed by atoms with Crippen LogP contribution in [0.15, 0.2) is 40.8 Å². The highest BCUT2D eigenvalue weighted by atomic mass is 16.5. The second-order valence-corrected chi connectivity index (χ2v) is 7.23. The van der Waals surface area contributed by atoms with Gasteiger partial charge >= 0.3 is 5.97 Å². The standard InChI is InChI=1S/C21H27NO5/c1-14(2)15-5-4-6-16(11-15)26-19-9-10-22(13-18(19)23)12-17-7-8-20(27-17)21(24)25-3/h4-8,11,14,18-19,23H,9-10,12-13H2,1-3H3/t18-,19-/m1/s1. The first kappa shape index (κ1) is 19.5. The van der Waals surface area contributed by atoms with Gasteiger partial charge in [-0.1, -0.05) is 26.0 Å². The lowest BCUT2D eigenvalue weighted by molar-refractivity contribution is -0.0290. The number of benzene rings is 1. The Balaban J connectivity index is 1.55. The van der Waals surface area contributed by atoms with Crippen molar-refractivity contribution in [3.63, 3.8) is 0 Å². The number of esters is 1. The number of nitrogens with zero attached hydrogens (tertiary/aromatic N) is 1. The Morgan fingerprint density at radius 2 is 2.15 bits per heavy atom. The maximum Gasteiger partial charge on any atom is 0.373 e. The van der Waals surface area contributed by atoms with Crippen molar-refractivity contribution in [2.45, 2.75) is 44.9 Å². The molecule has 1 aromatic carbocycles. The van der Waals surface area contributed by atoms with E-state index in [1.807, 2.05) is 18.2 Å². The van der Waals surface area contributed by atoms with Crippen LogP contribution in [0.3, 0.4) is 0 Å². The van der Waals surface area contributed by atoms with Gasteiger partial charge in [-0.3, -0.25) is 4.90 Å². The minimum atomic E-state index is -0.587. The molecule has 27 heavy (non-hydrogen) atoms. The molecular formula is C21H27NO5. The van der Waals surface area contributed by atoms with Gasteiger partial charge in [-0.2, -0.15) is 0 Å². The highest BCUT2D eigenvalue weighted by Crippen LogP contribution is 2.24. The zero-order valence-electron chi connectivity index (χ0n) is 16.1. The number of hydrogen-bond acceptors (Lipinski definition) is 6. The van der Waals surface area contributed by atoms with Crippen LogP contribution in [-0.4, -0.2) is 48.4 Å². The number of aliphatic hydroxyl groups excluding tert-OH is 1. The molecule has 0 bridgehead atoms. The number of piperidine rings is 1. The zero-order chi connectivity index (χ0) is 19.4. The molecule has 3 rings (SSSR count). The smallest absolute Gasteiger partial charge is 0.373 e. The molecule has 0 saturated carbocycles. The van der Waals surface area contributed by atoms with E-state index in [0.717, 1.165) is 18.7 Å². The summed E-state index contributed by atoms with van der Waals surface area (Å²) >= 11 is 0. The van der Waals surface area contributed by atoms with Gasteiger partial charge in [0.05, 0.1) is 13.7 Å². The van der Waals surface area contributed by atoms with Crippen molar-refractivity contribution in [1.29, 1.82) is 0 Å². The normalized spacial score (nSPS) is 20.6. The molecule has 1 saturated heterocycles. The average molecular weight is 373 g/mol. The highest BCUT2D eigenvalue weighted by molar-refractivity contribution is 5.86. The first-order valence-corrected chi connectivity index (χ1v) is 9.30. The summed E-state index contributed by atoms with van der Waals surface area (Å²) in [6.45, 7) is 6.09. The number of ether oxygens (including phenoxy) is 2. The van der Waals surface area contributed by atoms with Crippen molar-refractivity contribution in [2.75, 3.05) is 20.2 Å². The molecule has 1 N–H and O–H groups in total. The van der Waals surface area contributed by atoms with Crippen LogP contribution in [0.4, 0.5) is 0 Å². The summed E-state index contributed by atoms with van der Waals surface area (Å²) in [6.07, 6.45) is -0.0974. The molecule has 0 spiro atoms. The number of hydrogen-bond donors (Lipinski definition) is 1. The first-order valence-electron chi connectivity index (χ1n) is 9.30. The number of furan rings is 1. The maximum absolute atomic E-state index is 11.5. The van der Waals surface area contributed by atoms with Crippen molar-refractivity contribution in [2.24, 2.45) is 0 Å². The van der Waals surface area contributed by atoms with Crippen molar-refractivity contribution >= 4 is 5.97 Å². The molecular weight excluding hydrogens is 346 g/mol. The summed E-state index contributed by atoms with van der Waals surface area (Å²) in [7, 11) is 1.32. The molecule has 1 fully saturated rings. The third-order valence-electron chi connectivity index (χ3n) is 4.84. The van der Waals surface area contributed by atoms with Gasteiger partial charge in [0, 0.05) is 13.1 Å². The third kappa shape index (κ3) is 4.90. The van der Waals surface area contributed by atoms with E-state index >= 15 is 0 Å².